The van der Waals surface area contributed by atoms with Crippen molar-refractivity contribution in [2.75, 3.05) is 18.0 Å². The van der Waals surface area contributed by atoms with E-state index in [0.717, 1.165) is 17.7 Å². The molecule has 1 aliphatic heterocycles. The van der Waals surface area contributed by atoms with Gasteiger partial charge in [-0.15, -0.1) is 0 Å². The van der Waals surface area contributed by atoms with Crippen LogP contribution >= 0.6 is 0 Å². The van der Waals surface area contributed by atoms with Crippen molar-refractivity contribution in [2.45, 2.75) is 32.1 Å². The Balaban J connectivity index is 1.56. The number of hydrogen-bond donors (Lipinski definition) is 1. The lowest BCUT2D eigenvalue weighted by Crippen LogP contribution is -2.35. The van der Waals surface area contributed by atoms with Gasteiger partial charge in [0.15, 0.2) is 0 Å². The number of anilines is 1. The second kappa shape index (κ2) is 8.10. The second-order valence-corrected chi connectivity index (χ2v) is 8.54. The lowest BCUT2D eigenvalue weighted by Gasteiger charge is -2.13. The number of carbonyl (C=O) groups excluding carboxylic acids is 1. The highest BCUT2D eigenvalue weighted by atomic mass is 32.2. The van der Waals surface area contributed by atoms with E-state index < -0.39 is 22.2 Å². The fraction of sp³-hybridized carbons (Fsp3) is 0.350. The molecule has 27 heavy (non-hydrogen) atoms. The molecule has 1 unspecified atom stereocenters. The number of hydrogen-bond acceptors (Lipinski definition) is 4. The highest BCUT2D eigenvalue weighted by Crippen LogP contribution is 2.22. The van der Waals surface area contributed by atoms with Crippen LogP contribution in [0.5, 0.6) is 0 Å². The Hall–Kier alpha value is -2.38. The molecule has 0 spiro atoms. The fourth-order valence-corrected chi connectivity index (χ4v) is 4.10. The third-order valence-electron chi connectivity index (χ3n) is 4.54. The van der Waals surface area contributed by atoms with Crippen molar-refractivity contribution in [2.24, 2.45) is 0 Å². The molecule has 3 rings (SSSR count). The molecule has 2 aromatic carbocycles. The molecule has 0 bridgehead atoms. The van der Waals surface area contributed by atoms with Crippen LogP contribution in [-0.2, 0) is 26.9 Å². The summed E-state index contributed by atoms with van der Waals surface area (Å²) < 4.78 is 32.4. The molecule has 1 N–H and O–H groups in total. The molecular formula is C20H24N2O4S. The van der Waals surface area contributed by atoms with E-state index in [-0.39, 0.29) is 12.3 Å². The zero-order valence-electron chi connectivity index (χ0n) is 15.5. The van der Waals surface area contributed by atoms with E-state index in [4.69, 9.17) is 4.74 Å². The highest BCUT2D eigenvalue weighted by molar-refractivity contribution is 7.88. The van der Waals surface area contributed by atoms with E-state index in [1.165, 1.54) is 10.5 Å². The standard InChI is InChI=1S/C20H24N2O4S/c1-3-16-8-10-18(11-9-16)22-13-19(26-20(22)23)12-21-27(24,25)14-17-6-4-15(2)5-7-17/h4-11,19,21H,3,12-14H2,1-2H3. The number of rotatable bonds is 7. The van der Waals surface area contributed by atoms with Crippen molar-refractivity contribution in [3.05, 3.63) is 65.2 Å². The maximum Gasteiger partial charge on any atom is 0.414 e. The number of amides is 1. The molecule has 144 valence electrons. The van der Waals surface area contributed by atoms with Crippen LogP contribution in [0.1, 0.15) is 23.6 Å². The summed E-state index contributed by atoms with van der Waals surface area (Å²) in [6, 6.07) is 15.1. The summed E-state index contributed by atoms with van der Waals surface area (Å²) in [5.74, 6) is -0.101. The minimum absolute atomic E-state index is 0.0590. The number of benzene rings is 2. The average molecular weight is 388 g/mol. The second-order valence-electron chi connectivity index (χ2n) is 6.73. The maximum absolute atomic E-state index is 12.3. The number of cyclic esters (lactones) is 1. The summed E-state index contributed by atoms with van der Waals surface area (Å²) in [6.07, 6.45) is -0.0473. The Morgan fingerprint density at radius 2 is 1.70 bits per heavy atom. The third kappa shape index (κ3) is 5.08. The molecular weight excluding hydrogens is 364 g/mol. The number of nitrogens with one attached hydrogen (secondary N) is 1. The largest absolute Gasteiger partial charge is 0.443 e. The molecule has 1 saturated heterocycles. The minimum Gasteiger partial charge on any atom is -0.443 e. The number of carbonyl (C=O) groups is 1. The molecule has 1 atom stereocenters. The van der Waals surface area contributed by atoms with Crippen molar-refractivity contribution in [3.8, 4) is 0 Å². The van der Waals surface area contributed by atoms with Gasteiger partial charge in [-0.3, -0.25) is 4.90 Å². The summed E-state index contributed by atoms with van der Waals surface area (Å²) in [5.41, 5.74) is 3.73. The van der Waals surface area contributed by atoms with Crippen molar-refractivity contribution in [1.82, 2.24) is 4.72 Å². The van der Waals surface area contributed by atoms with Crippen LogP contribution in [0.25, 0.3) is 0 Å². The van der Waals surface area contributed by atoms with Crippen LogP contribution in [0, 0.1) is 6.92 Å². The first-order chi connectivity index (χ1) is 12.9. The highest BCUT2D eigenvalue weighted by Gasteiger charge is 2.33. The molecule has 7 heteroatoms. The minimum atomic E-state index is -3.50. The van der Waals surface area contributed by atoms with Crippen molar-refractivity contribution >= 4 is 21.8 Å². The zero-order chi connectivity index (χ0) is 19.4. The van der Waals surface area contributed by atoms with Crippen LogP contribution < -0.4 is 9.62 Å². The van der Waals surface area contributed by atoms with Crippen molar-refractivity contribution < 1.29 is 17.9 Å². The summed E-state index contributed by atoms with van der Waals surface area (Å²) in [5, 5.41) is 0. The summed E-state index contributed by atoms with van der Waals surface area (Å²) in [6.45, 7) is 4.39. The predicted molar refractivity (Wildman–Crippen MR) is 105 cm³/mol. The summed E-state index contributed by atoms with van der Waals surface area (Å²) >= 11 is 0. The van der Waals surface area contributed by atoms with Crippen LogP contribution in [-0.4, -0.2) is 33.7 Å². The van der Waals surface area contributed by atoms with Crippen LogP contribution in [0.2, 0.25) is 0 Å². The first-order valence-corrected chi connectivity index (χ1v) is 10.6. The smallest absolute Gasteiger partial charge is 0.414 e. The molecule has 6 nitrogen and oxygen atoms in total. The van der Waals surface area contributed by atoms with Crippen LogP contribution in [0.3, 0.4) is 0 Å². The quantitative estimate of drug-likeness (QED) is 0.791. The topological polar surface area (TPSA) is 75.7 Å². The first-order valence-electron chi connectivity index (χ1n) is 8.96. The molecule has 1 fully saturated rings. The Morgan fingerprint density at radius 3 is 2.33 bits per heavy atom. The summed E-state index contributed by atoms with van der Waals surface area (Å²) in [7, 11) is -3.50. The average Bonchev–Trinajstić information content (AvgIpc) is 3.03. The zero-order valence-corrected chi connectivity index (χ0v) is 16.3. The Labute approximate surface area is 160 Å². The molecule has 1 amide bonds. The van der Waals surface area contributed by atoms with Crippen molar-refractivity contribution in [1.29, 1.82) is 0 Å². The van der Waals surface area contributed by atoms with Gasteiger partial charge in [-0.05, 0) is 36.6 Å². The maximum atomic E-state index is 12.3. The molecule has 0 aromatic heterocycles. The monoisotopic (exact) mass is 388 g/mol. The normalized spacial score (nSPS) is 17.2. The first kappa shape index (κ1) is 19.4. The Morgan fingerprint density at radius 1 is 1.07 bits per heavy atom. The van der Waals surface area contributed by atoms with Gasteiger partial charge in [-0.2, -0.15) is 0 Å². The summed E-state index contributed by atoms with van der Waals surface area (Å²) in [4.78, 5) is 13.6. The van der Waals surface area contributed by atoms with Crippen molar-refractivity contribution in [3.63, 3.8) is 0 Å². The fourth-order valence-electron chi connectivity index (χ4n) is 2.92. The van der Waals surface area contributed by atoms with Crippen LogP contribution in [0.15, 0.2) is 48.5 Å². The van der Waals surface area contributed by atoms with Gasteiger partial charge in [0.1, 0.15) is 6.10 Å². The number of nitrogens with zero attached hydrogens (tertiary/aromatic N) is 1. The van der Waals surface area contributed by atoms with E-state index in [9.17, 15) is 13.2 Å². The number of aryl methyl sites for hydroxylation is 2. The Bertz CT molecular complexity index is 893. The van der Waals surface area contributed by atoms with Gasteiger partial charge in [-0.25, -0.2) is 17.9 Å². The Kier molecular flexibility index (Phi) is 5.82. The predicted octanol–water partition coefficient (Wildman–Crippen LogP) is 3.00. The van der Waals surface area contributed by atoms with Gasteiger partial charge >= 0.3 is 6.09 Å². The lowest BCUT2D eigenvalue weighted by molar-refractivity contribution is 0.143. The number of ether oxygens (including phenoxy) is 1. The molecule has 0 radical (unpaired) electrons. The van der Waals surface area contributed by atoms with E-state index in [1.54, 1.807) is 12.1 Å². The van der Waals surface area contributed by atoms with Gasteiger partial charge in [0.25, 0.3) is 0 Å². The molecule has 0 aliphatic carbocycles. The SMILES string of the molecule is CCc1ccc(N2CC(CNS(=O)(=O)Cc3ccc(C)cc3)OC2=O)cc1. The molecule has 0 saturated carbocycles. The van der Waals surface area contributed by atoms with E-state index >= 15 is 0 Å². The van der Waals surface area contributed by atoms with E-state index in [2.05, 4.69) is 11.6 Å². The van der Waals surface area contributed by atoms with E-state index in [1.807, 2.05) is 43.3 Å². The van der Waals surface area contributed by atoms with Gasteiger partial charge in [0, 0.05) is 12.2 Å². The van der Waals surface area contributed by atoms with E-state index in [0.29, 0.717) is 12.1 Å². The van der Waals surface area contributed by atoms with Gasteiger partial charge in [-0.1, -0.05) is 48.9 Å². The van der Waals surface area contributed by atoms with Crippen LogP contribution in [0.4, 0.5) is 10.5 Å². The third-order valence-corrected chi connectivity index (χ3v) is 5.86. The number of sulfonamides is 1. The molecule has 2 aromatic rings. The molecule has 1 heterocycles. The lowest BCUT2D eigenvalue weighted by atomic mass is 10.1. The van der Waals surface area contributed by atoms with Gasteiger partial charge in [0.2, 0.25) is 10.0 Å². The van der Waals surface area contributed by atoms with Gasteiger partial charge < -0.3 is 4.74 Å². The molecule has 1 aliphatic rings. The van der Waals surface area contributed by atoms with Gasteiger partial charge in [0.05, 0.1) is 12.3 Å².